The summed E-state index contributed by atoms with van der Waals surface area (Å²) in [6.07, 6.45) is 7.54. The fraction of sp³-hybridized carbons (Fsp3) is 0.517. The number of halogens is 2. The number of aliphatic imine (C=N–C) groups is 1. The average Bonchev–Trinajstić information content (AvgIpc) is 3.40. The SMILES string of the molecule is C[C@H]1C[C@]2(CCN1CC1CCC1)C(N1CCCC1c1ccccc1Cl)=NC(=O)N2c1cccc(F)c1. The number of carbonyl (C=O) groups is 1. The van der Waals surface area contributed by atoms with Crippen molar-refractivity contribution in [2.45, 2.75) is 69.5 Å². The van der Waals surface area contributed by atoms with Crippen LogP contribution in [0.5, 0.6) is 0 Å². The highest BCUT2D eigenvalue weighted by atomic mass is 35.5. The molecule has 3 aliphatic heterocycles. The van der Waals surface area contributed by atoms with Crippen LogP contribution >= 0.6 is 11.6 Å². The molecule has 36 heavy (non-hydrogen) atoms. The number of amidine groups is 1. The lowest BCUT2D eigenvalue weighted by atomic mass is 9.78. The third-order valence-corrected chi connectivity index (χ3v) is 9.22. The minimum absolute atomic E-state index is 0.0814. The van der Waals surface area contributed by atoms with Gasteiger partial charge in [-0.05, 0) is 81.2 Å². The molecular formula is C29H34ClFN4O. The van der Waals surface area contributed by atoms with Crippen molar-refractivity contribution in [2.24, 2.45) is 10.9 Å². The summed E-state index contributed by atoms with van der Waals surface area (Å²) in [5.74, 6) is 1.30. The van der Waals surface area contributed by atoms with Gasteiger partial charge < -0.3 is 9.80 Å². The van der Waals surface area contributed by atoms with Crippen LogP contribution in [-0.2, 0) is 0 Å². The Kier molecular flexibility index (Phi) is 6.29. The second kappa shape index (κ2) is 9.46. The second-order valence-electron chi connectivity index (χ2n) is 11.0. The van der Waals surface area contributed by atoms with Crippen LogP contribution in [-0.4, -0.2) is 52.9 Å². The fourth-order valence-electron chi connectivity index (χ4n) is 6.87. The predicted octanol–water partition coefficient (Wildman–Crippen LogP) is 6.68. The van der Waals surface area contributed by atoms with Crippen molar-refractivity contribution < 1.29 is 9.18 Å². The zero-order chi connectivity index (χ0) is 24.9. The molecule has 1 unspecified atom stereocenters. The fourth-order valence-corrected chi connectivity index (χ4v) is 7.14. The first-order valence-electron chi connectivity index (χ1n) is 13.4. The molecule has 2 aromatic rings. The number of nitrogens with zero attached hydrogens (tertiary/aromatic N) is 4. The Morgan fingerprint density at radius 2 is 1.92 bits per heavy atom. The summed E-state index contributed by atoms with van der Waals surface area (Å²) >= 11 is 6.64. The summed E-state index contributed by atoms with van der Waals surface area (Å²) in [6, 6.07) is 14.5. The Bertz CT molecular complexity index is 1180. The topological polar surface area (TPSA) is 39.1 Å². The van der Waals surface area contributed by atoms with Crippen LogP contribution in [0.3, 0.4) is 0 Å². The highest BCUT2D eigenvalue weighted by Crippen LogP contribution is 2.46. The highest BCUT2D eigenvalue weighted by molar-refractivity contribution is 6.31. The van der Waals surface area contributed by atoms with Crippen molar-refractivity contribution in [1.29, 1.82) is 0 Å². The number of rotatable bonds is 4. The molecular weight excluding hydrogens is 475 g/mol. The van der Waals surface area contributed by atoms with Crippen molar-refractivity contribution in [1.82, 2.24) is 9.80 Å². The molecule has 3 heterocycles. The van der Waals surface area contributed by atoms with Gasteiger partial charge in [0.1, 0.15) is 17.2 Å². The van der Waals surface area contributed by atoms with E-state index in [9.17, 15) is 9.18 Å². The van der Waals surface area contributed by atoms with E-state index in [0.717, 1.165) is 67.7 Å². The number of urea groups is 1. The van der Waals surface area contributed by atoms with Crippen LogP contribution in [0.15, 0.2) is 53.5 Å². The standard InChI is InChI=1S/C29H34ClFN4O/c1-20-18-29(14-16-33(20)19-21-7-4-8-21)27(32-28(36)35(29)23-10-5-9-22(31)17-23)34-15-6-13-26(34)24-11-2-3-12-25(24)30/h2-3,5,9-12,17,20-21,26H,4,6-8,13-16,18-19H2,1H3/t20-,26?,29+/m0/s1. The van der Waals surface area contributed by atoms with Crippen LogP contribution in [0, 0.1) is 11.7 Å². The van der Waals surface area contributed by atoms with Gasteiger partial charge in [0, 0.05) is 36.4 Å². The molecule has 0 radical (unpaired) electrons. The lowest BCUT2D eigenvalue weighted by molar-refractivity contribution is 0.0875. The molecule has 3 atom stereocenters. The highest BCUT2D eigenvalue weighted by Gasteiger charge is 2.56. The summed E-state index contributed by atoms with van der Waals surface area (Å²) in [4.78, 5) is 25.1. The molecule has 5 nitrogen and oxygen atoms in total. The van der Waals surface area contributed by atoms with Crippen LogP contribution in [0.1, 0.15) is 63.5 Å². The molecule has 1 aliphatic carbocycles. The summed E-state index contributed by atoms with van der Waals surface area (Å²) in [6.45, 7) is 5.14. The van der Waals surface area contributed by atoms with Crippen molar-refractivity contribution in [3.63, 3.8) is 0 Å². The van der Waals surface area contributed by atoms with Gasteiger partial charge in [-0.25, -0.2) is 9.18 Å². The normalized spacial score (nSPS) is 29.2. The quantitative estimate of drug-likeness (QED) is 0.462. The van der Waals surface area contributed by atoms with Crippen LogP contribution in [0.25, 0.3) is 0 Å². The third kappa shape index (κ3) is 4.03. The van der Waals surface area contributed by atoms with Gasteiger partial charge in [-0.1, -0.05) is 42.3 Å². The van der Waals surface area contributed by atoms with Crippen LogP contribution in [0.4, 0.5) is 14.9 Å². The van der Waals surface area contributed by atoms with E-state index in [-0.39, 0.29) is 17.9 Å². The summed E-state index contributed by atoms with van der Waals surface area (Å²) in [7, 11) is 0. The molecule has 1 saturated carbocycles. The number of piperidine rings is 1. The summed E-state index contributed by atoms with van der Waals surface area (Å²) in [5.41, 5.74) is 1.08. The monoisotopic (exact) mass is 508 g/mol. The van der Waals surface area contributed by atoms with E-state index in [1.807, 2.05) is 24.3 Å². The molecule has 1 spiro atoms. The predicted molar refractivity (Wildman–Crippen MR) is 142 cm³/mol. The van der Waals surface area contributed by atoms with Gasteiger partial charge in [0.2, 0.25) is 0 Å². The van der Waals surface area contributed by atoms with E-state index >= 15 is 0 Å². The van der Waals surface area contributed by atoms with Gasteiger partial charge in [0.15, 0.2) is 0 Å². The minimum Gasteiger partial charge on any atom is -0.351 e. The van der Waals surface area contributed by atoms with E-state index in [1.165, 1.54) is 31.4 Å². The Hall–Kier alpha value is -2.44. The first kappa shape index (κ1) is 23.9. The Morgan fingerprint density at radius 3 is 2.64 bits per heavy atom. The third-order valence-electron chi connectivity index (χ3n) is 8.88. The van der Waals surface area contributed by atoms with E-state index < -0.39 is 5.54 Å². The molecule has 190 valence electrons. The van der Waals surface area contributed by atoms with E-state index in [4.69, 9.17) is 16.6 Å². The van der Waals surface area contributed by atoms with E-state index in [1.54, 1.807) is 11.0 Å². The second-order valence-corrected chi connectivity index (χ2v) is 11.4. The number of hydrogen-bond donors (Lipinski definition) is 0. The van der Waals surface area contributed by atoms with E-state index in [0.29, 0.717) is 11.7 Å². The first-order chi connectivity index (χ1) is 17.5. The lowest BCUT2D eigenvalue weighted by Crippen LogP contribution is -2.63. The van der Waals surface area contributed by atoms with E-state index in [2.05, 4.69) is 22.8 Å². The maximum absolute atomic E-state index is 14.3. The Balaban J connectivity index is 1.38. The molecule has 2 amide bonds. The van der Waals surface area contributed by atoms with Gasteiger partial charge in [0.25, 0.3) is 0 Å². The maximum Gasteiger partial charge on any atom is 0.350 e. The number of benzene rings is 2. The van der Waals surface area contributed by atoms with Crippen molar-refractivity contribution in [3.8, 4) is 0 Å². The number of anilines is 1. The van der Waals surface area contributed by atoms with Crippen molar-refractivity contribution in [2.75, 3.05) is 24.5 Å². The first-order valence-corrected chi connectivity index (χ1v) is 13.8. The lowest BCUT2D eigenvalue weighted by Gasteiger charge is -2.51. The zero-order valence-electron chi connectivity index (χ0n) is 20.9. The Morgan fingerprint density at radius 1 is 1.08 bits per heavy atom. The molecule has 6 rings (SSSR count). The molecule has 2 aromatic carbocycles. The van der Waals surface area contributed by atoms with Crippen LogP contribution < -0.4 is 4.90 Å². The zero-order valence-corrected chi connectivity index (χ0v) is 21.6. The summed E-state index contributed by atoms with van der Waals surface area (Å²) in [5, 5.41) is 0.749. The molecule has 7 heteroatoms. The van der Waals surface area contributed by atoms with Gasteiger partial charge in [-0.15, -0.1) is 0 Å². The molecule has 2 saturated heterocycles. The Labute approximate surface area is 217 Å². The van der Waals surface area contributed by atoms with Crippen LogP contribution in [0.2, 0.25) is 5.02 Å². The number of carbonyl (C=O) groups excluding carboxylic acids is 1. The molecule has 0 aromatic heterocycles. The molecule has 4 aliphatic rings. The summed E-state index contributed by atoms with van der Waals surface area (Å²) < 4.78 is 14.3. The molecule has 3 fully saturated rings. The van der Waals surface area contributed by atoms with Crippen molar-refractivity contribution in [3.05, 3.63) is 64.9 Å². The van der Waals surface area contributed by atoms with Crippen molar-refractivity contribution >= 4 is 29.2 Å². The van der Waals surface area contributed by atoms with Gasteiger partial charge in [-0.3, -0.25) is 4.90 Å². The molecule has 0 bridgehead atoms. The minimum atomic E-state index is -0.593. The maximum atomic E-state index is 14.3. The van der Waals surface area contributed by atoms with Gasteiger partial charge >= 0.3 is 6.03 Å². The van der Waals surface area contributed by atoms with Gasteiger partial charge in [0.05, 0.1) is 6.04 Å². The number of likely N-dealkylation sites (tertiary alicyclic amines) is 2. The number of hydrogen-bond acceptors (Lipinski definition) is 3. The molecule has 0 N–H and O–H groups in total. The largest absolute Gasteiger partial charge is 0.351 e. The average molecular weight is 509 g/mol. The van der Waals surface area contributed by atoms with Gasteiger partial charge in [-0.2, -0.15) is 4.99 Å². The smallest absolute Gasteiger partial charge is 0.350 e. The number of amides is 2.